The lowest BCUT2D eigenvalue weighted by molar-refractivity contribution is -0.180. The Morgan fingerprint density at radius 2 is 2.29 bits per heavy atom. The lowest BCUT2D eigenvalue weighted by atomic mass is 9.93. The number of nitrogens with two attached hydrogens (primary N) is 1. The van der Waals surface area contributed by atoms with Gasteiger partial charge in [0.15, 0.2) is 5.60 Å². The van der Waals surface area contributed by atoms with Gasteiger partial charge in [-0.1, -0.05) is 0 Å². The van der Waals surface area contributed by atoms with Gasteiger partial charge in [-0.3, -0.25) is 0 Å². The van der Waals surface area contributed by atoms with Crippen LogP contribution in [0, 0.1) is 0 Å². The number of ether oxygens (including phenoxy) is 2. The molecule has 14 heavy (non-hydrogen) atoms. The van der Waals surface area contributed by atoms with Crippen molar-refractivity contribution in [1.82, 2.24) is 0 Å². The van der Waals surface area contributed by atoms with Crippen molar-refractivity contribution >= 4 is 5.97 Å². The molecule has 0 saturated carbocycles. The van der Waals surface area contributed by atoms with Gasteiger partial charge in [0.1, 0.15) is 0 Å². The fourth-order valence-corrected chi connectivity index (χ4v) is 1.58. The van der Waals surface area contributed by atoms with E-state index in [1.807, 2.05) is 13.8 Å². The fraction of sp³-hybridized carbons (Fsp3) is 0.900. The number of carbonyl (C=O) groups excluding carboxylic acids is 1. The first-order valence-corrected chi connectivity index (χ1v) is 5.04. The quantitative estimate of drug-likeness (QED) is 0.672. The molecule has 82 valence electrons. The lowest BCUT2D eigenvalue weighted by Crippen LogP contribution is -2.49. The van der Waals surface area contributed by atoms with Crippen LogP contribution in [0.3, 0.4) is 0 Å². The van der Waals surface area contributed by atoms with E-state index in [9.17, 15) is 4.79 Å². The summed E-state index contributed by atoms with van der Waals surface area (Å²) in [5.41, 5.74) is 4.95. The molecule has 0 aromatic carbocycles. The average molecular weight is 201 g/mol. The van der Waals surface area contributed by atoms with E-state index in [1.165, 1.54) is 0 Å². The summed E-state index contributed by atoms with van der Waals surface area (Å²) in [4.78, 5) is 11.7. The number of carbonyl (C=O) groups is 1. The van der Waals surface area contributed by atoms with E-state index < -0.39 is 5.60 Å². The highest BCUT2D eigenvalue weighted by Gasteiger charge is 2.40. The van der Waals surface area contributed by atoms with Gasteiger partial charge in [0.25, 0.3) is 0 Å². The van der Waals surface area contributed by atoms with Crippen LogP contribution in [0.5, 0.6) is 0 Å². The molecule has 2 atom stereocenters. The van der Waals surface area contributed by atoms with Gasteiger partial charge in [-0.05, 0) is 27.2 Å². The zero-order chi connectivity index (χ0) is 10.8. The molecule has 0 aromatic rings. The van der Waals surface area contributed by atoms with Crippen LogP contribution in [0.4, 0.5) is 0 Å². The van der Waals surface area contributed by atoms with Gasteiger partial charge in [-0.25, -0.2) is 4.79 Å². The molecule has 0 spiro atoms. The van der Waals surface area contributed by atoms with Crippen molar-refractivity contribution in [1.29, 1.82) is 0 Å². The molecule has 1 heterocycles. The van der Waals surface area contributed by atoms with Gasteiger partial charge < -0.3 is 15.2 Å². The van der Waals surface area contributed by atoms with Gasteiger partial charge in [0.2, 0.25) is 0 Å². The molecular formula is C10H19NO3. The van der Waals surface area contributed by atoms with Crippen LogP contribution in [0.1, 0.15) is 33.6 Å². The Kier molecular flexibility index (Phi) is 3.50. The van der Waals surface area contributed by atoms with Crippen molar-refractivity contribution in [2.75, 3.05) is 6.61 Å². The second kappa shape index (κ2) is 4.28. The fourth-order valence-electron chi connectivity index (χ4n) is 1.58. The van der Waals surface area contributed by atoms with Crippen LogP contribution in [0.25, 0.3) is 0 Å². The average Bonchev–Trinajstić information content (AvgIpc) is 2.02. The first-order valence-electron chi connectivity index (χ1n) is 5.04. The van der Waals surface area contributed by atoms with Gasteiger partial charge in [0.05, 0.1) is 6.10 Å². The zero-order valence-electron chi connectivity index (χ0n) is 9.08. The van der Waals surface area contributed by atoms with Crippen LogP contribution in [-0.4, -0.2) is 30.3 Å². The Hall–Kier alpha value is -0.610. The molecule has 0 bridgehead atoms. The third-order valence-corrected chi connectivity index (χ3v) is 2.34. The third-order valence-electron chi connectivity index (χ3n) is 2.34. The van der Waals surface area contributed by atoms with Crippen molar-refractivity contribution < 1.29 is 14.3 Å². The first kappa shape index (κ1) is 11.5. The predicted octanol–water partition coefficient (Wildman–Crippen LogP) is 0.834. The Morgan fingerprint density at radius 1 is 1.64 bits per heavy atom. The molecule has 0 aliphatic carbocycles. The normalized spacial score (nSPS) is 33.1. The van der Waals surface area contributed by atoms with E-state index in [4.69, 9.17) is 15.2 Å². The summed E-state index contributed by atoms with van der Waals surface area (Å²) in [5, 5.41) is 0. The monoisotopic (exact) mass is 201 g/mol. The van der Waals surface area contributed by atoms with Gasteiger partial charge >= 0.3 is 5.97 Å². The van der Waals surface area contributed by atoms with Crippen LogP contribution < -0.4 is 5.73 Å². The highest BCUT2D eigenvalue weighted by Crippen LogP contribution is 2.25. The molecule has 2 N–H and O–H groups in total. The van der Waals surface area contributed by atoms with Crippen LogP contribution >= 0.6 is 0 Å². The second-order valence-corrected chi connectivity index (χ2v) is 4.29. The van der Waals surface area contributed by atoms with Gasteiger partial charge in [-0.2, -0.15) is 0 Å². The SMILES string of the molecule is CC(C)OC(=O)C1(C)CC(N)CCO1. The molecule has 2 unspecified atom stereocenters. The molecule has 1 fully saturated rings. The topological polar surface area (TPSA) is 61.5 Å². The standard InChI is InChI=1S/C10H19NO3/c1-7(2)14-9(12)10(3)6-8(11)4-5-13-10/h7-8H,4-6,11H2,1-3H3. The number of rotatable bonds is 2. The molecule has 0 amide bonds. The number of hydrogen-bond acceptors (Lipinski definition) is 4. The largest absolute Gasteiger partial charge is 0.461 e. The van der Waals surface area contributed by atoms with Crippen molar-refractivity contribution in [3.8, 4) is 0 Å². The molecule has 1 rings (SSSR count). The highest BCUT2D eigenvalue weighted by atomic mass is 16.6. The van der Waals surface area contributed by atoms with Gasteiger partial charge in [0, 0.05) is 19.1 Å². The minimum atomic E-state index is -0.845. The Labute approximate surface area is 84.7 Å². The van der Waals surface area contributed by atoms with Crippen molar-refractivity contribution in [3.63, 3.8) is 0 Å². The van der Waals surface area contributed by atoms with E-state index in [1.54, 1.807) is 6.92 Å². The van der Waals surface area contributed by atoms with Gasteiger partial charge in [-0.15, -0.1) is 0 Å². The molecule has 4 nitrogen and oxygen atoms in total. The maximum atomic E-state index is 11.7. The first-order chi connectivity index (χ1) is 6.44. The Bertz CT molecular complexity index is 217. The van der Waals surface area contributed by atoms with Crippen LogP contribution in [0.15, 0.2) is 0 Å². The minimum Gasteiger partial charge on any atom is -0.461 e. The maximum Gasteiger partial charge on any atom is 0.338 e. The third kappa shape index (κ3) is 2.69. The lowest BCUT2D eigenvalue weighted by Gasteiger charge is -2.35. The van der Waals surface area contributed by atoms with Crippen LogP contribution in [0.2, 0.25) is 0 Å². The summed E-state index contributed by atoms with van der Waals surface area (Å²) < 4.78 is 10.6. The number of esters is 1. The summed E-state index contributed by atoms with van der Waals surface area (Å²) in [5.74, 6) is -0.303. The molecular weight excluding hydrogens is 182 g/mol. The summed E-state index contributed by atoms with van der Waals surface area (Å²) in [6.07, 6.45) is 1.24. The molecule has 1 saturated heterocycles. The minimum absolute atomic E-state index is 0.0356. The van der Waals surface area contributed by atoms with E-state index in [0.717, 1.165) is 6.42 Å². The van der Waals surface area contributed by atoms with E-state index >= 15 is 0 Å². The molecule has 1 aliphatic rings. The maximum absolute atomic E-state index is 11.7. The molecule has 0 aromatic heterocycles. The smallest absolute Gasteiger partial charge is 0.338 e. The number of hydrogen-bond donors (Lipinski definition) is 1. The van der Waals surface area contributed by atoms with E-state index in [0.29, 0.717) is 13.0 Å². The molecule has 0 radical (unpaired) electrons. The molecule has 1 aliphatic heterocycles. The van der Waals surface area contributed by atoms with Crippen LogP contribution in [-0.2, 0) is 14.3 Å². The summed E-state index contributed by atoms with van der Waals surface area (Å²) in [7, 11) is 0. The predicted molar refractivity (Wildman–Crippen MR) is 52.8 cm³/mol. The van der Waals surface area contributed by atoms with Crippen molar-refractivity contribution in [2.24, 2.45) is 5.73 Å². The summed E-state index contributed by atoms with van der Waals surface area (Å²) in [6.45, 7) is 5.93. The molecule has 4 heteroatoms. The second-order valence-electron chi connectivity index (χ2n) is 4.29. The summed E-state index contributed by atoms with van der Waals surface area (Å²) >= 11 is 0. The van der Waals surface area contributed by atoms with Crippen molar-refractivity contribution in [2.45, 2.75) is 51.4 Å². The van der Waals surface area contributed by atoms with E-state index in [2.05, 4.69) is 0 Å². The summed E-state index contributed by atoms with van der Waals surface area (Å²) in [6, 6.07) is 0.0356. The Balaban J connectivity index is 2.59. The zero-order valence-corrected chi connectivity index (χ0v) is 9.08. The highest BCUT2D eigenvalue weighted by molar-refractivity contribution is 5.79. The Morgan fingerprint density at radius 3 is 2.79 bits per heavy atom. The van der Waals surface area contributed by atoms with E-state index in [-0.39, 0.29) is 18.1 Å². The van der Waals surface area contributed by atoms with Crippen molar-refractivity contribution in [3.05, 3.63) is 0 Å².